The van der Waals surface area contributed by atoms with Gasteiger partial charge in [-0.2, -0.15) is 0 Å². The molecule has 0 radical (unpaired) electrons. The highest BCUT2D eigenvalue weighted by molar-refractivity contribution is 7.32. The monoisotopic (exact) mass is 218 g/mol. The van der Waals surface area contributed by atoms with Crippen LogP contribution in [0.25, 0.3) is 0 Å². The first-order valence-electron chi connectivity index (χ1n) is 2.83. The van der Waals surface area contributed by atoms with Crippen molar-refractivity contribution in [2.45, 2.75) is 12.7 Å². The van der Waals surface area contributed by atoms with Gasteiger partial charge < -0.3 is 5.11 Å². The lowest BCUT2D eigenvalue weighted by atomic mass is 10.5. The van der Waals surface area contributed by atoms with Gasteiger partial charge in [0.15, 0.2) is 0 Å². The molecule has 0 amide bonds. The van der Waals surface area contributed by atoms with E-state index in [1.165, 1.54) is 0 Å². The van der Waals surface area contributed by atoms with E-state index >= 15 is 0 Å². The summed E-state index contributed by atoms with van der Waals surface area (Å²) in [6, 6.07) is 0. The van der Waals surface area contributed by atoms with Crippen molar-refractivity contribution < 1.29 is 33.1 Å². The standard InChI is InChI=1S/C3H6O7P2/c4-2-1-3(9-11(5)6)10-12(7)8/h3-4H,1-2H2/p+2. The number of hydrogen-bond donors (Lipinski definition) is 3. The fourth-order valence-electron chi connectivity index (χ4n) is 0.431. The van der Waals surface area contributed by atoms with E-state index in [0.717, 1.165) is 0 Å². The summed E-state index contributed by atoms with van der Waals surface area (Å²) in [6.07, 6.45) is -1.49. The molecule has 0 fully saturated rings. The maximum atomic E-state index is 10.1. The third-order valence-corrected chi connectivity index (χ3v) is 1.61. The van der Waals surface area contributed by atoms with Crippen molar-refractivity contribution in [3.63, 3.8) is 0 Å². The average Bonchev–Trinajstić information content (AvgIpc) is 1.84. The minimum Gasteiger partial charge on any atom is -0.396 e. The highest BCUT2D eigenvalue weighted by atomic mass is 31.1. The van der Waals surface area contributed by atoms with Crippen LogP contribution in [0.15, 0.2) is 0 Å². The van der Waals surface area contributed by atoms with E-state index in [4.69, 9.17) is 14.9 Å². The Hall–Kier alpha value is -0.0000000000000000486. The first-order chi connectivity index (χ1) is 5.56. The second-order valence-electron chi connectivity index (χ2n) is 1.63. The molecular formula is C3H8O7P2+2. The minimum atomic E-state index is -2.91. The van der Waals surface area contributed by atoms with Gasteiger partial charge in [0.1, 0.15) is 0 Å². The molecule has 0 aliphatic rings. The van der Waals surface area contributed by atoms with Gasteiger partial charge in [0.05, 0.1) is 0 Å². The lowest BCUT2D eigenvalue weighted by Gasteiger charge is -1.97. The van der Waals surface area contributed by atoms with E-state index in [1.807, 2.05) is 0 Å². The van der Waals surface area contributed by atoms with Crippen LogP contribution in [0.4, 0.5) is 0 Å². The summed E-state index contributed by atoms with van der Waals surface area (Å²) < 4.78 is 28.4. The van der Waals surface area contributed by atoms with Crippen molar-refractivity contribution in [1.82, 2.24) is 0 Å². The van der Waals surface area contributed by atoms with E-state index < -0.39 is 22.8 Å². The smallest absolute Gasteiger partial charge is 0.396 e. The Kier molecular flexibility index (Phi) is 6.51. The first-order valence-corrected chi connectivity index (χ1v) is 5.09. The Balaban J connectivity index is 3.85. The minimum absolute atomic E-state index is 0.150. The van der Waals surface area contributed by atoms with Gasteiger partial charge in [-0.3, -0.25) is 0 Å². The molecule has 0 aliphatic heterocycles. The molecule has 2 unspecified atom stereocenters. The van der Waals surface area contributed by atoms with Gasteiger partial charge in [-0.1, -0.05) is 9.05 Å². The van der Waals surface area contributed by atoms with Crippen LogP contribution in [-0.4, -0.2) is 27.8 Å². The Morgan fingerprint density at radius 1 is 1.17 bits per heavy atom. The SMILES string of the molecule is O=[P+](O)OC(CCO)O[P+](=O)O. The molecule has 0 spiro atoms. The number of hydrogen-bond acceptors (Lipinski definition) is 5. The quantitative estimate of drug-likeness (QED) is 0.425. The van der Waals surface area contributed by atoms with Crippen LogP contribution < -0.4 is 0 Å². The highest BCUT2D eigenvalue weighted by Crippen LogP contribution is 2.27. The number of rotatable bonds is 6. The van der Waals surface area contributed by atoms with Crippen LogP contribution in [0, 0.1) is 0 Å². The van der Waals surface area contributed by atoms with E-state index in [-0.39, 0.29) is 13.0 Å². The van der Waals surface area contributed by atoms with E-state index in [9.17, 15) is 9.13 Å². The average molecular weight is 218 g/mol. The number of aliphatic hydroxyl groups excluding tert-OH is 1. The predicted molar refractivity (Wildman–Crippen MR) is 37.3 cm³/mol. The molecule has 0 rings (SSSR count). The molecule has 12 heavy (non-hydrogen) atoms. The van der Waals surface area contributed by atoms with Gasteiger partial charge in [-0.25, -0.2) is 0 Å². The third kappa shape index (κ3) is 6.69. The van der Waals surface area contributed by atoms with E-state index in [1.54, 1.807) is 0 Å². The Morgan fingerprint density at radius 3 is 1.83 bits per heavy atom. The summed E-state index contributed by atoms with van der Waals surface area (Å²) in [6.45, 7) is -0.378. The van der Waals surface area contributed by atoms with Gasteiger partial charge in [0.25, 0.3) is 6.29 Å². The number of aliphatic hydroxyl groups is 1. The second kappa shape index (κ2) is 6.51. The van der Waals surface area contributed by atoms with Crippen molar-refractivity contribution in [1.29, 1.82) is 0 Å². The van der Waals surface area contributed by atoms with Crippen LogP contribution in [0.5, 0.6) is 0 Å². The molecule has 9 heteroatoms. The molecule has 0 aliphatic carbocycles. The molecule has 0 heterocycles. The lowest BCUT2D eigenvalue weighted by Crippen LogP contribution is -2.12. The van der Waals surface area contributed by atoms with Crippen molar-refractivity contribution in [3.8, 4) is 0 Å². The fourth-order valence-corrected chi connectivity index (χ4v) is 1.20. The summed E-state index contributed by atoms with van der Waals surface area (Å²) in [4.78, 5) is 16.4. The molecule has 0 saturated heterocycles. The topological polar surface area (TPSA) is 113 Å². The molecule has 0 aromatic carbocycles. The van der Waals surface area contributed by atoms with Crippen molar-refractivity contribution in [2.75, 3.05) is 6.61 Å². The van der Waals surface area contributed by atoms with E-state index in [2.05, 4.69) is 9.05 Å². The Bertz CT molecular complexity index is 154. The maximum Gasteiger partial charge on any atom is 0.697 e. The highest BCUT2D eigenvalue weighted by Gasteiger charge is 2.31. The van der Waals surface area contributed by atoms with Gasteiger partial charge in [0.2, 0.25) is 0 Å². The van der Waals surface area contributed by atoms with Gasteiger partial charge in [0, 0.05) is 22.2 Å². The third-order valence-electron chi connectivity index (χ3n) is 0.780. The Morgan fingerprint density at radius 2 is 1.58 bits per heavy atom. The van der Waals surface area contributed by atoms with Crippen LogP contribution in [0.1, 0.15) is 6.42 Å². The molecule has 3 N–H and O–H groups in total. The summed E-state index contributed by atoms with van der Waals surface area (Å²) in [5, 5.41) is 8.35. The van der Waals surface area contributed by atoms with Crippen LogP contribution in [0.2, 0.25) is 0 Å². The molecule has 70 valence electrons. The summed E-state index contributed by atoms with van der Waals surface area (Å²) in [7, 11) is -5.82. The lowest BCUT2D eigenvalue weighted by molar-refractivity contribution is -0.0140. The summed E-state index contributed by atoms with van der Waals surface area (Å²) in [5.41, 5.74) is 0. The normalized spacial score (nSPS) is 15.6. The largest absolute Gasteiger partial charge is 0.697 e. The molecule has 0 aromatic heterocycles. The molecule has 2 atom stereocenters. The first kappa shape index (κ1) is 12.0. The molecular weight excluding hydrogens is 210 g/mol. The molecule has 7 nitrogen and oxygen atoms in total. The zero-order chi connectivity index (χ0) is 9.56. The Labute approximate surface area is 69.8 Å². The predicted octanol–water partition coefficient (Wildman–Crippen LogP) is 0.0275. The molecule has 0 bridgehead atoms. The van der Waals surface area contributed by atoms with Crippen molar-refractivity contribution in [2.24, 2.45) is 0 Å². The van der Waals surface area contributed by atoms with Crippen LogP contribution in [0.3, 0.4) is 0 Å². The van der Waals surface area contributed by atoms with Gasteiger partial charge in [-0.05, 0) is 0 Å². The second-order valence-corrected chi connectivity index (χ2v) is 3.00. The van der Waals surface area contributed by atoms with Gasteiger partial charge in [-0.15, -0.1) is 9.79 Å². The fraction of sp³-hybridized carbons (Fsp3) is 1.00. The zero-order valence-electron chi connectivity index (χ0n) is 5.86. The van der Waals surface area contributed by atoms with Crippen molar-refractivity contribution >= 4 is 16.5 Å². The molecule has 0 saturated carbocycles. The zero-order valence-corrected chi connectivity index (χ0v) is 7.65. The van der Waals surface area contributed by atoms with Crippen molar-refractivity contribution in [3.05, 3.63) is 0 Å². The van der Waals surface area contributed by atoms with Crippen LogP contribution in [-0.2, 0) is 18.2 Å². The van der Waals surface area contributed by atoms with Gasteiger partial charge >= 0.3 is 16.5 Å². The molecule has 0 aromatic rings. The maximum absolute atomic E-state index is 10.1. The summed E-state index contributed by atoms with van der Waals surface area (Å²) in [5.74, 6) is 0. The summed E-state index contributed by atoms with van der Waals surface area (Å²) >= 11 is 0. The van der Waals surface area contributed by atoms with E-state index in [0.29, 0.717) is 0 Å². The van der Waals surface area contributed by atoms with Crippen LogP contribution >= 0.6 is 16.5 Å².